The van der Waals surface area contributed by atoms with E-state index in [0.29, 0.717) is 18.7 Å². The Morgan fingerprint density at radius 2 is 1.96 bits per heavy atom. The Kier molecular flexibility index (Phi) is 5.33. The molecule has 0 unspecified atom stereocenters. The van der Waals surface area contributed by atoms with Crippen molar-refractivity contribution in [2.24, 2.45) is 0 Å². The van der Waals surface area contributed by atoms with E-state index in [1.54, 1.807) is 12.4 Å². The molecule has 1 aromatic rings. The Labute approximate surface area is 157 Å². The van der Waals surface area contributed by atoms with Crippen molar-refractivity contribution < 1.29 is 22.7 Å². The van der Waals surface area contributed by atoms with Crippen LogP contribution in [0.15, 0.2) is 12.4 Å². The summed E-state index contributed by atoms with van der Waals surface area (Å²) in [5.41, 5.74) is -0.584. The zero-order chi connectivity index (χ0) is 19.7. The van der Waals surface area contributed by atoms with E-state index >= 15 is 0 Å². The zero-order valence-corrected chi connectivity index (χ0v) is 16.1. The molecule has 2 N–H and O–H groups in total. The van der Waals surface area contributed by atoms with Gasteiger partial charge in [-0.25, -0.2) is 22.5 Å². The van der Waals surface area contributed by atoms with Crippen molar-refractivity contribution >= 4 is 22.0 Å². The molecule has 0 saturated carbocycles. The van der Waals surface area contributed by atoms with Crippen LogP contribution < -0.4 is 15.4 Å². The molecule has 3 heterocycles. The fourth-order valence-electron chi connectivity index (χ4n) is 3.12. The molecule has 0 spiro atoms. The van der Waals surface area contributed by atoms with Gasteiger partial charge in [-0.15, -0.1) is 0 Å². The monoisotopic (exact) mass is 397 g/mol. The molecule has 148 valence electrons. The third-order valence-corrected chi connectivity index (χ3v) is 6.81. The van der Waals surface area contributed by atoms with Crippen molar-refractivity contribution in [2.45, 2.75) is 44.8 Å². The maximum atomic E-state index is 12.7. The first-order chi connectivity index (χ1) is 12.7. The van der Waals surface area contributed by atoms with Crippen LogP contribution in [-0.4, -0.2) is 65.1 Å². The lowest BCUT2D eigenvalue weighted by Crippen LogP contribution is -2.53. The average molecular weight is 397 g/mol. The minimum atomic E-state index is -3.71. The number of hydrogen-bond acceptors (Lipinski definition) is 7. The van der Waals surface area contributed by atoms with Gasteiger partial charge in [0.25, 0.3) is 5.91 Å². The van der Waals surface area contributed by atoms with Crippen LogP contribution >= 0.6 is 0 Å². The van der Waals surface area contributed by atoms with E-state index < -0.39 is 33.3 Å². The van der Waals surface area contributed by atoms with Crippen LogP contribution in [-0.2, 0) is 21.2 Å². The molecule has 3 amide bonds. The lowest BCUT2D eigenvalue weighted by atomic mass is 10.1. The van der Waals surface area contributed by atoms with E-state index in [0.717, 1.165) is 12.1 Å². The molecule has 2 fully saturated rings. The highest BCUT2D eigenvalue weighted by atomic mass is 32.2. The largest absolute Gasteiger partial charge is 0.473 e. The van der Waals surface area contributed by atoms with Crippen LogP contribution in [0.3, 0.4) is 0 Å². The highest BCUT2D eigenvalue weighted by Crippen LogP contribution is 2.22. The Morgan fingerprint density at radius 3 is 2.48 bits per heavy atom. The minimum Gasteiger partial charge on any atom is -0.473 e. The highest BCUT2D eigenvalue weighted by Gasteiger charge is 2.46. The molecule has 2 aliphatic rings. The van der Waals surface area contributed by atoms with Gasteiger partial charge in [0, 0.05) is 13.1 Å². The molecule has 2 aliphatic heterocycles. The predicted molar refractivity (Wildman–Crippen MR) is 95.5 cm³/mol. The molecular weight excluding hydrogens is 374 g/mol. The number of hydrogen-bond donors (Lipinski definition) is 2. The lowest BCUT2D eigenvalue weighted by Gasteiger charge is -2.33. The van der Waals surface area contributed by atoms with Gasteiger partial charge in [-0.2, -0.15) is 0 Å². The molecule has 0 radical (unpaired) electrons. The highest BCUT2D eigenvalue weighted by molar-refractivity contribution is 7.89. The van der Waals surface area contributed by atoms with Crippen LogP contribution in [0, 0.1) is 0 Å². The second-order valence-electron chi connectivity index (χ2n) is 6.91. The first kappa shape index (κ1) is 19.5. The summed E-state index contributed by atoms with van der Waals surface area (Å²) in [6, 6.07) is -0.681. The summed E-state index contributed by atoms with van der Waals surface area (Å²) in [4.78, 5) is 31.6. The van der Waals surface area contributed by atoms with Gasteiger partial charge >= 0.3 is 6.03 Å². The van der Waals surface area contributed by atoms with Gasteiger partial charge in [0.2, 0.25) is 15.9 Å². The fourth-order valence-corrected chi connectivity index (χ4v) is 5.01. The molecule has 0 bridgehead atoms. The Hall–Kier alpha value is -2.27. The first-order valence-electron chi connectivity index (χ1n) is 8.81. The normalized spacial score (nSPS) is 24.5. The number of aryl methyl sites for hydroxylation is 1. The van der Waals surface area contributed by atoms with Gasteiger partial charge in [-0.3, -0.25) is 15.1 Å². The molecule has 1 aromatic heterocycles. The van der Waals surface area contributed by atoms with Crippen molar-refractivity contribution in [3.63, 3.8) is 0 Å². The number of carbonyl (C=O) groups is 2. The smallest absolute Gasteiger partial charge is 0.322 e. The molecule has 11 heteroatoms. The Morgan fingerprint density at radius 1 is 1.26 bits per heavy atom. The number of aromatic nitrogens is 2. The summed E-state index contributed by atoms with van der Waals surface area (Å²) in [5.74, 6) is -0.692. The summed E-state index contributed by atoms with van der Waals surface area (Å²) < 4.78 is 32.5. The Bertz CT molecular complexity index is 820. The lowest BCUT2D eigenvalue weighted by molar-refractivity contribution is -0.122. The van der Waals surface area contributed by atoms with E-state index in [2.05, 4.69) is 20.6 Å². The molecule has 2 saturated heterocycles. The van der Waals surface area contributed by atoms with Crippen molar-refractivity contribution in [1.82, 2.24) is 24.9 Å². The number of ether oxygens (including phenoxy) is 1. The molecule has 1 atom stereocenters. The van der Waals surface area contributed by atoms with Gasteiger partial charge in [-0.05, 0) is 26.2 Å². The van der Waals surface area contributed by atoms with E-state index in [1.807, 2.05) is 6.92 Å². The third-order valence-electron chi connectivity index (χ3n) is 4.71. The SMILES string of the molecule is CCc1cnc(OC2CCN(S(=O)(=O)C[C@@]3(C)NC(=O)NC3=O)CC2)cn1. The molecule has 10 nitrogen and oxygen atoms in total. The third kappa shape index (κ3) is 4.35. The van der Waals surface area contributed by atoms with E-state index in [9.17, 15) is 18.0 Å². The van der Waals surface area contributed by atoms with Crippen molar-refractivity contribution in [3.05, 3.63) is 18.1 Å². The quantitative estimate of drug-likeness (QED) is 0.636. The average Bonchev–Trinajstić information content (AvgIpc) is 2.87. The van der Waals surface area contributed by atoms with Gasteiger partial charge < -0.3 is 10.1 Å². The second kappa shape index (κ2) is 7.39. The fraction of sp³-hybridized carbons (Fsp3) is 0.625. The first-order valence-corrected chi connectivity index (χ1v) is 10.4. The van der Waals surface area contributed by atoms with Crippen molar-refractivity contribution in [3.8, 4) is 5.88 Å². The molecule has 3 rings (SSSR count). The topological polar surface area (TPSA) is 131 Å². The maximum Gasteiger partial charge on any atom is 0.322 e. The van der Waals surface area contributed by atoms with Crippen molar-refractivity contribution in [1.29, 1.82) is 0 Å². The van der Waals surface area contributed by atoms with Crippen LogP contribution in [0.2, 0.25) is 0 Å². The van der Waals surface area contributed by atoms with Crippen LogP contribution in [0.4, 0.5) is 4.79 Å². The number of rotatable bonds is 6. The minimum absolute atomic E-state index is 0.150. The Balaban J connectivity index is 1.56. The molecule has 0 aliphatic carbocycles. The van der Waals surface area contributed by atoms with Gasteiger partial charge in [0.05, 0.1) is 23.8 Å². The summed E-state index contributed by atoms with van der Waals surface area (Å²) in [7, 11) is -3.71. The number of urea groups is 1. The molecule has 0 aromatic carbocycles. The molecular formula is C16H23N5O5S. The summed E-state index contributed by atoms with van der Waals surface area (Å²) in [6.07, 6.45) is 4.89. The van der Waals surface area contributed by atoms with Gasteiger partial charge in [0.1, 0.15) is 11.6 Å². The predicted octanol–water partition coefficient (Wildman–Crippen LogP) is -0.190. The van der Waals surface area contributed by atoms with Crippen LogP contribution in [0.1, 0.15) is 32.4 Å². The van der Waals surface area contributed by atoms with Crippen LogP contribution in [0.5, 0.6) is 5.88 Å². The zero-order valence-electron chi connectivity index (χ0n) is 15.3. The van der Waals surface area contributed by atoms with Gasteiger partial charge in [0.15, 0.2) is 0 Å². The number of carbonyl (C=O) groups excluding carboxylic acids is 2. The van der Waals surface area contributed by atoms with E-state index in [4.69, 9.17) is 4.74 Å². The van der Waals surface area contributed by atoms with Gasteiger partial charge in [-0.1, -0.05) is 6.92 Å². The number of amides is 3. The summed E-state index contributed by atoms with van der Waals surface area (Å²) >= 11 is 0. The van der Waals surface area contributed by atoms with E-state index in [1.165, 1.54) is 11.2 Å². The number of nitrogens with zero attached hydrogens (tertiary/aromatic N) is 3. The number of imide groups is 1. The summed E-state index contributed by atoms with van der Waals surface area (Å²) in [6.45, 7) is 3.94. The standard InChI is InChI=1S/C16H23N5O5S/c1-3-11-8-18-13(9-17-11)26-12-4-6-21(7-5-12)27(24,25)10-16(2)14(22)19-15(23)20-16/h8-9,12H,3-7,10H2,1-2H3,(H2,19,20,22,23)/t16-/m1/s1. The number of sulfonamides is 1. The summed E-state index contributed by atoms with van der Waals surface area (Å²) in [5, 5.41) is 4.45. The second-order valence-corrected chi connectivity index (χ2v) is 8.88. The number of nitrogens with one attached hydrogen (secondary N) is 2. The van der Waals surface area contributed by atoms with Crippen LogP contribution in [0.25, 0.3) is 0 Å². The van der Waals surface area contributed by atoms with E-state index in [-0.39, 0.29) is 19.2 Å². The van der Waals surface area contributed by atoms with Crippen molar-refractivity contribution in [2.75, 3.05) is 18.8 Å². The number of piperidine rings is 1. The maximum absolute atomic E-state index is 12.7. The molecule has 27 heavy (non-hydrogen) atoms.